The first-order valence-corrected chi connectivity index (χ1v) is 14.1. The van der Waals surface area contributed by atoms with Crippen LogP contribution in [0.2, 0.25) is 0 Å². The molecule has 4 N–H and O–H groups in total. The molecule has 1 fully saturated rings. The summed E-state index contributed by atoms with van der Waals surface area (Å²) in [7, 11) is 0. The van der Waals surface area contributed by atoms with Gasteiger partial charge in [0, 0.05) is 13.0 Å². The van der Waals surface area contributed by atoms with Gasteiger partial charge in [-0.3, -0.25) is 9.59 Å². The number of likely N-dealkylation sites (tertiary alicyclic amines) is 1. The predicted octanol–water partition coefficient (Wildman–Crippen LogP) is 3.35. The van der Waals surface area contributed by atoms with Gasteiger partial charge in [0.25, 0.3) is 0 Å². The second-order valence-electron chi connectivity index (χ2n) is 11.2. The first-order valence-electron chi connectivity index (χ1n) is 13.2. The highest BCUT2D eigenvalue weighted by Gasteiger charge is 2.43. The third-order valence-electron chi connectivity index (χ3n) is 7.06. The zero-order valence-electron chi connectivity index (χ0n) is 23.2. The average molecular weight is 565 g/mol. The summed E-state index contributed by atoms with van der Waals surface area (Å²) >= 11 is 1.52. The lowest BCUT2D eigenvalue weighted by atomic mass is 9.86. The van der Waals surface area contributed by atoms with Crippen LogP contribution in [-0.2, 0) is 25.7 Å². The van der Waals surface area contributed by atoms with Crippen molar-refractivity contribution in [2.24, 2.45) is 11.1 Å². The predicted molar refractivity (Wildman–Crippen MR) is 153 cm³/mol. The van der Waals surface area contributed by atoms with Crippen LogP contribution in [0.1, 0.15) is 50.1 Å². The molecule has 3 aromatic rings. The minimum Gasteiger partial charge on any atom is -0.459 e. The number of nitrogens with two attached hydrogens (primary N) is 1. The van der Waals surface area contributed by atoms with E-state index in [1.165, 1.54) is 16.2 Å². The number of aliphatic hydroxyl groups excluding tert-OH is 1. The molecule has 1 aliphatic rings. The Kier molecular flexibility index (Phi) is 9.02. The molecule has 40 heavy (non-hydrogen) atoms. The molecule has 0 bridgehead atoms. The first-order chi connectivity index (χ1) is 19.0. The number of rotatable bonds is 8. The molecule has 0 radical (unpaired) electrons. The first kappa shape index (κ1) is 29.4. The molecule has 1 aromatic heterocycles. The summed E-state index contributed by atoms with van der Waals surface area (Å²) < 4.78 is 5.60. The van der Waals surface area contributed by atoms with E-state index in [4.69, 9.17) is 10.5 Å². The third kappa shape index (κ3) is 6.75. The average Bonchev–Trinajstić information content (AvgIpc) is 3.55. The molecule has 9 nitrogen and oxygen atoms in total. The normalized spacial score (nSPS) is 18.7. The van der Waals surface area contributed by atoms with Crippen LogP contribution in [0.4, 0.5) is 0 Å². The van der Waals surface area contributed by atoms with Crippen molar-refractivity contribution in [3.63, 3.8) is 0 Å². The highest BCUT2D eigenvalue weighted by molar-refractivity contribution is 7.13. The minimum absolute atomic E-state index is 0.00722. The maximum Gasteiger partial charge on any atom is 0.333 e. The number of benzene rings is 2. The number of hydrogen-bond donors (Lipinski definition) is 3. The summed E-state index contributed by atoms with van der Waals surface area (Å²) in [5, 5.41) is 13.1. The smallest absolute Gasteiger partial charge is 0.333 e. The lowest BCUT2D eigenvalue weighted by Crippen LogP contribution is -2.55. The van der Waals surface area contributed by atoms with Gasteiger partial charge in [-0.05, 0) is 29.0 Å². The highest BCUT2D eigenvalue weighted by atomic mass is 32.1. The Bertz CT molecular complexity index is 1340. The molecule has 212 valence electrons. The van der Waals surface area contributed by atoms with Gasteiger partial charge in [0.05, 0.1) is 28.2 Å². The number of ether oxygens (including phenoxy) is 1. The monoisotopic (exact) mass is 564 g/mol. The van der Waals surface area contributed by atoms with Crippen LogP contribution in [0.3, 0.4) is 0 Å². The van der Waals surface area contributed by atoms with Crippen molar-refractivity contribution in [2.75, 3.05) is 6.54 Å². The molecule has 1 saturated heterocycles. The van der Waals surface area contributed by atoms with E-state index in [2.05, 4.69) is 10.3 Å². The van der Waals surface area contributed by atoms with Crippen molar-refractivity contribution in [3.05, 3.63) is 76.9 Å². The summed E-state index contributed by atoms with van der Waals surface area (Å²) in [6.07, 6.45) is -0.832. The third-order valence-corrected chi connectivity index (χ3v) is 8.04. The van der Waals surface area contributed by atoms with E-state index in [9.17, 15) is 19.5 Å². The van der Waals surface area contributed by atoms with Gasteiger partial charge in [-0.15, -0.1) is 11.3 Å². The number of nitrogens with zero attached hydrogens (tertiary/aromatic N) is 2. The molecule has 0 aliphatic carbocycles. The molecular formula is C30H36N4O5S. The molecule has 0 spiro atoms. The van der Waals surface area contributed by atoms with Crippen LogP contribution in [0.25, 0.3) is 10.4 Å². The van der Waals surface area contributed by atoms with E-state index in [1.54, 1.807) is 17.6 Å². The van der Waals surface area contributed by atoms with Crippen LogP contribution >= 0.6 is 11.3 Å². The molecule has 4 rings (SSSR count). The van der Waals surface area contributed by atoms with Crippen molar-refractivity contribution < 1.29 is 24.2 Å². The van der Waals surface area contributed by atoms with E-state index < -0.39 is 47.4 Å². The number of carbonyl (C=O) groups is 3. The number of β-amino-alcohol motifs (C(OH)–C–C–N with tert-alkyl or cyclic N) is 1. The SMILES string of the molecule is Cc1ncsc1-c1ccc([C@@H](NC(=O)[C@@H]2C[C@@H](O)CN2C(=O)[C@@H](N)C(C)(C)C)C(=O)OCc2ccccc2)cc1. The van der Waals surface area contributed by atoms with E-state index in [-0.39, 0.29) is 19.6 Å². The summed E-state index contributed by atoms with van der Waals surface area (Å²) in [5.74, 6) is -1.62. The maximum absolute atomic E-state index is 13.6. The van der Waals surface area contributed by atoms with Gasteiger partial charge in [0.2, 0.25) is 11.8 Å². The summed E-state index contributed by atoms with van der Waals surface area (Å²) in [6.45, 7) is 7.48. The number of amides is 2. The topological polar surface area (TPSA) is 135 Å². The van der Waals surface area contributed by atoms with Crippen molar-refractivity contribution in [1.82, 2.24) is 15.2 Å². The number of aliphatic hydroxyl groups is 1. The number of aryl methyl sites for hydroxylation is 1. The Morgan fingerprint density at radius 3 is 2.42 bits per heavy atom. The van der Waals surface area contributed by atoms with Gasteiger partial charge in [0.15, 0.2) is 6.04 Å². The van der Waals surface area contributed by atoms with Crippen molar-refractivity contribution in [1.29, 1.82) is 0 Å². The van der Waals surface area contributed by atoms with Crippen LogP contribution in [-0.4, -0.2) is 57.5 Å². The zero-order chi connectivity index (χ0) is 29.0. The molecule has 2 amide bonds. The van der Waals surface area contributed by atoms with E-state index >= 15 is 0 Å². The molecule has 0 unspecified atom stereocenters. The van der Waals surface area contributed by atoms with E-state index in [0.29, 0.717) is 5.56 Å². The Morgan fingerprint density at radius 2 is 1.82 bits per heavy atom. The Balaban J connectivity index is 1.57. The standard InChI is InChI=1S/C30H36N4O5S/c1-18-25(40-17-32-18)21-12-10-20(11-13-21)24(29(38)39-16-19-8-6-5-7-9-19)33-27(36)23-14-22(35)15-34(23)28(37)26(31)30(2,3)4/h5-13,17,22-24,26,35H,14-16,31H2,1-4H3,(H,33,36)/t22-,23+,24-,26-/m1/s1. The highest BCUT2D eigenvalue weighted by Crippen LogP contribution is 2.29. The van der Waals surface area contributed by atoms with Crippen LogP contribution < -0.4 is 11.1 Å². The number of aromatic nitrogens is 1. The summed E-state index contributed by atoms with van der Waals surface area (Å²) in [5.41, 5.74) is 10.6. The second kappa shape index (κ2) is 12.3. The van der Waals surface area contributed by atoms with E-state index in [0.717, 1.165) is 21.7 Å². The van der Waals surface area contributed by atoms with Gasteiger partial charge in [-0.2, -0.15) is 0 Å². The molecular weight excluding hydrogens is 528 g/mol. The molecule has 0 saturated carbocycles. The Labute approximate surface area is 238 Å². The molecule has 10 heteroatoms. The summed E-state index contributed by atoms with van der Waals surface area (Å²) in [6, 6.07) is 13.6. The fourth-order valence-corrected chi connectivity index (χ4v) is 5.40. The quantitative estimate of drug-likeness (QED) is 0.357. The Hall–Kier alpha value is -3.60. The Morgan fingerprint density at radius 1 is 1.15 bits per heavy atom. The second-order valence-corrected chi connectivity index (χ2v) is 12.0. The lowest BCUT2D eigenvalue weighted by Gasteiger charge is -2.33. The number of esters is 1. The van der Waals surface area contributed by atoms with Crippen LogP contribution in [0.5, 0.6) is 0 Å². The molecule has 4 atom stereocenters. The van der Waals surface area contributed by atoms with Gasteiger partial charge < -0.3 is 25.8 Å². The van der Waals surface area contributed by atoms with Crippen LogP contribution in [0.15, 0.2) is 60.1 Å². The fourth-order valence-electron chi connectivity index (χ4n) is 4.59. The fraction of sp³-hybridized carbons (Fsp3) is 0.400. The molecule has 1 aliphatic heterocycles. The molecule has 2 aromatic carbocycles. The van der Waals surface area contributed by atoms with Crippen molar-refractivity contribution in [3.8, 4) is 10.4 Å². The van der Waals surface area contributed by atoms with Crippen LogP contribution in [0, 0.1) is 12.3 Å². The number of carbonyl (C=O) groups excluding carboxylic acids is 3. The molecule has 2 heterocycles. The number of thiazole rings is 1. The maximum atomic E-state index is 13.6. The number of nitrogens with one attached hydrogen (secondary N) is 1. The van der Waals surface area contributed by atoms with E-state index in [1.807, 2.05) is 70.2 Å². The largest absolute Gasteiger partial charge is 0.459 e. The van der Waals surface area contributed by atoms with Gasteiger partial charge in [-0.1, -0.05) is 75.4 Å². The van der Waals surface area contributed by atoms with Gasteiger partial charge in [0.1, 0.15) is 12.6 Å². The summed E-state index contributed by atoms with van der Waals surface area (Å²) in [4.78, 5) is 46.8. The van der Waals surface area contributed by atoms with Crippen molar-refractivity contribution >= 4 is 29.1 Å². The van der Waals surface area contributed by atoms with Gasteiger partial charge >= 0.3 is 5.97 Å². The number of hydrogen-bond acceptors (Lipinski definition) is 8. The minimum atomic E-state index is -1.13. The lowest BCUT2D eigenvalue weighted by molar-refractivity contribution is -0.150. The van der Waals surface area contributed by atoms with Crippen molar-refractivity contribution in [2.45, 2.75) is 65.0 Å². The van der Waals surface area contributed by atoms with Gasteiger partial charge in [-0.25, -0.2) is 9.78 Å². The zero-order valence-corrected chi connectivity index (χ0v) is 24.0.